The van der Waals surface area contributed by atoms with Gasteiger partial charge in [0.15, 0.2) is 0 Å². The molecule has 0 unspecified atom stereocenters. The quantitative estimate of drug-likeness (QED) is 0.757. The number of urea groups is 1. The van der Waals surface area contributed by atoms with Gasteiger partial charge in [0.25, 0.3) is 0 Å². The van der Waals surface area contributed by atoms with Crippen LogP contribution in [0.15, 0.2) is 35.5 Å². The number of halogens is 1. The number of esters is 2. The van der Waals surface area contributed by atoms with E-state index in [9.17, 15) is 18.8 Å². The maximum absolute atomic E-state index is 13.5. The van der Waals surface area contributed by atoms with E-state index < -0.39 is 23.8 Å². The molecule has 24 heavy (non-hydrogen) atoms. The van der Waals surface area contributed by atoms with Gasteiger partial charge in [-0.05, 0) is 18.6 Å². The van der Waals surface area contributed by atoms with E-state index in [1.165, 1.54) is 18.2 Å². The van der Waals surface area contributed by atoms with Crippen LogP contribution in [0.1, 0.15) is 12.5 Å². The van der Waals surface area contributed by atoms with E-state index in [0.29, 0.717) is 0 Å². The predicted octanol–water partition coefficient (Wildman–Crippen LogP) is 1.04. The minimum absolute atomic E-state index is 0.0230. The van der Waals surface area contributed by atoms with Crippen LogP contribution in [0.25, 0.3) is 0 Å². The number of rotatable bonds is 6. The number of carbonyl (C=O) groups is 3. The number of ether oxygens (including phenoxy) is 2. The highest BCUT2D eigenvalue weighted by molar-refractivity contribution is 5.93. The maximum atomic E-state index is 13.5. The Morgan fingerprint density at radius 2 is 2.00 bits per heavy atom. The third-order valence-corrected chi connectivity index (χ3v) is 3.25. The van der Waals surface area contributed by atoms with Crippen molar-refractivity contribution in [1.29, 1.82) is 0 Å². The lowest BCUT2D eigenvalue weighted by molar-refractivity contribution is -0.143. The summed E-state index contributed by atoms with van der Waals surface area (Å²) in [7, 11) is 0. The van der Waals surface area contributed by atoms with Gasteiger partial charge in [0.05, 0.1) is 30.8 Å². The number of hydrogen-bond acceptors (Lipinski definition) is 5. The van der Waals surface area contributed by atoms with E-state index in [1.807, 2.05) is 0 Å². The molecule has 1 aliphatic rings. The molecule has 1 aliphatic heterocycles. The van der Waals surface area contributed by atoms with Crippen molar-refractivity contribution >= 4 is 18.0 Å². The summed E-state index contributed by atoms with van der Waals surface area (Å²) >= 11 is 0. The third kappa shape index (κ3) is 4.55. The Kier molecular flexibility index (Phi) is 5.89. The molecule has 2 rings (SSSR count). The lowest BCUT2D eigenvalue weighted by Crippen LogP contribution is -2.45. The SMILES string of the molecule is CCOC(=O)C1=C(COC(=O)Cc2ccccc2F)NC(=O)NC1. The molecule has 0 saturated heterocycles. The maximum Gasteiger partial charge on any atom is 0.337 e. The van der Waals surface area contributed by atoms with Crippen molar-refractivity contribution in [2.75, 3.05) is 19.8 Å². The van der Waals surface area contributed by atoms with Gasteiger partial charge in [0, 0.05) is 0 Å². The van der Waals surface area contributed by atoms with Crippen molar-refractivity contribution in [3.63, 3.8) is 0 Å². The van der Waals surface area contributed by atoms with Crippen molar-refractivity contribution < 1.29 is 28.2 Å². The van der Waals surface area contributed by atoms with Crippen LogP contribution in [-0.2, 0) is 25.5 Å². The first-order valence-electron chi connectivity index (χ1n) is 7.34. The summed E-state index contributed by atoms with van der Waals surface area (Å²) in [6.45, 7) is 1.50. The average molecular weight is 336 g/mol. The van der Waals surface area contributed by atoms with E-state index in [-0.39, 0.29) is 43.0 Å². The largest absolute Gasteiger partial charge is 0.463 e. The second kappa shape index (κ2) is 8.09. The van der Waals surface area contributed by atoms with E-state index in [0.717, 1.165) is 0 Å². The van der Waals surface area contributed by atoms with Crippen LogP contribution >= 0.6 is 0 Å². The average Bonchev–Trinajstić information content (AvgIpc) is 2.55. The lowest BCUT2D eigenvalue weighted by atomic mass is 10.1. The first-order chi connectivity index (χ1) is 11.5. The Morgan fingerprint density at radius 3 is 2.71 bits per heavy atom. The Hall–Kier alpha value is -2.90. The summed E-state index contributed by atoms with van der Waals surface area (Å²) in [5.74, 6) is -1.79. The predicted molar refractivity (Wildman–Crippen MR) is 81.3 cm³/mol. The van der Waals surface area contributed by atoms with Crippen LogP contribution < -0.4 is 10.6 Å². The zero-order valence-corrected chi connectivity index (χ0v) is 13.1. The summed E-state index contributed by atoms with van der Waals surface area (Å²) in [6, 6.07) is 5.34. The molecule has 0 radical (unpaired) electrons. The van der Waals surface area contributed by atoms with Gasteiger partial charge in [-0.3, -0.25) is 4.79 Å². The molecule has 0 aromatic heterocycles. The molecule has 7 nitrogen and oxygen atoms in total. The highest BCUT2D eigenvalue weighted by atomic mass is 19.1. The van der Waals surface area contributed by atoms with Crippen LogP contribution in [0.4, 0.5) is 9.18 Å². The zero-order chi connectivity index (χ0) is 17.5. The molecule has 2 amide bonds. The summed E-state index contributed by atoms with van der Waals surface area (Å²) < 4.78 is 23.4. The topological polar surface area (TPSA) is 93.7 Å². The fourth-order valence-corrected chi connectivity index (χ4v) is 2.07. The summed E-state index contributed by atoms with van der Waals surface area (Å²) in [6.07, 6.45) is -0.249. The Morgan fingerprint density at radius 1 is 1.25 bits per heavy atom. The fraction of sp³-hybridized carbons (Fsp3) is 0.312. The number of benzene rings is 1. The van der Waals surface area contributed by atoms with E-state index in [4.69, 9.17) is 9.47 Å². The van der Waals surface area contributed by atoms with E-state index in [2.05, 4.69) is 10.6 Å². The molecule has 0 fully saturated rings. The van der Waals surface area contributed by atoms with Crippen molar-refractivity contribution in [2.24, 2.45) is 0 Å². The van der Waals surface area contributed by atoms with Crippen molar-refractivity contribution in [3.8, 4) is 0 Å². The van der Waals surface area contributed by atoms with Gasteiger partial charge in [-0.15, -0.1) is 0 Å². The normalized spacial score (nSPS) is 13.8. The standard InChI is InChI=1S/C16H17FN2O5/c1-2-23-15(21)11-8-18-16(22)19-13(11)9-24-14(20)7-10-5-3-4-6-12(10)17/h3-6H,2,7-9H2,1H3,(H2,18,19,22). The monoisotopic (exact) mass is 336 g/mol. The third-order valence-electron chi connectivity index (χ3n) is 3.25. The van der Waals surface area contributed by atoms with Crippen molar-refractivity contribution in [1.82, 2.24) is 10.6 Å². The van der Waals surface area contributed by atoms with Crippen LogP contribution in [0.3, 0.4) is 0 Å². The number of nitrogens with one attached hydrogen (secondary N) is 2. The smallest absolute Gasteiger partial charge is 0.337 e. The first kappa shape index (κ1) is 17.5. The number of carbonyl (C=O) groups excluding carboxylic acids is 3. The van der Waals surface area contributed by atoms with Crippen molar-refractivity contribution in [3.05, 3.63) is 46.9 Å². The summed E-state index contributed by atoms with van der Waals surface area (Å²) in [5, 5.41) is 4.85. The van der Waals surface area contributed by atoms with Gasteiger partial charge in [0.2, 0.25) is 0 Å². The van der Waals surface area contributed by atoms with Gasteiger partial charge in [0.1, 0.15) is 12.4 Å². The minimum Gasteiger partial charge on any atom is -0.463 e. The van der Waals surface area contributed by atoms with Gasteiger partial charge < -0.3 is 20.1 Å². The first-order valence-corrected chi connectivity index (χ1v) is 7.34. The van der Waals surface area contributed by atoms with E-state index in [1.54, 1.807) is 13.0 Å². The lowest BCUT2D eigenvalue weighted by Gasteiger charge is -2.21. The fourth-order valence-electron chi connectivity index (χ4n) is 2.07. The number of hydrogen-bond donors (Lipinski definition) is 2. The molecule has 1 heterocycles. The molecule has 0 aliphatic carbocycles. The van der Waals surface area contributed by atoms with Gasteiger partial charge in [-0.1, -0.05) is 18.2 Å². The van der Waals surface area contributed by atoms with Crippen LogP contribution in [0.5, 0.6) is 0 Å². The Balaban J connectivity index is 2.01. The van der Waals surface area contributed by atoms with E-state index >= 15 is 0 Å². The highest BCUT2D eigenvalue weighted by Crippen LogP contribution is 2.11. The molecular weight excluding hydrogens is 319 g/mol. The molecule has 0 bridgehead atoms. The molecular formula is C16H17FN2O5. The Bertz CT molecular complexity index is 687. The van der Waals surface area contributed by atoms with Crippen LogP contribution in [0, 0.1) is 5.82 Å². The van der Waals surface area contributed by atoms with Gasteiger partial charge >= 0.3 is 18.0 Å². The molecule has 1 aromatic carbocycles. The molecule has 0 spiro atoms. The molecule has 1 aromatic rings. The van der Waals surface area contributed by atoms with Gasteiger partial charge in [-0.25, -0.2) is 14.0 Å². The molecule has 8 heteroatoms. The summed E-state index contributed by atoms with van der Waals surface area (Å²) in [4.78, 5) is 35.1. The molecule has 2 N–H and O–H groups in total. The Labute approximate surface area is 137 Å². The van der Waals surface area contributed by atoms with Crippen LogP contribution in [0.2, 0.25) is 0 Å². The summed E-state index contributed by atoms with van der Waals surface area (Å²) in [5.41, 5.74) is 0.533. The van der Waals surface area contributed by atoms with Crippen LogP contribution in [-0.4, -0.2) is 37.7 Å². The number of amides is 2. The van der Waals surface area contributed by atoms with Gasteiger partial charge in [-0.2, -0.15) is 0 Å². The van der Waals surface area contributed by atoms with Crippen molar-refractivity contribution in [2.45, 2.75) is 13.3 Å². The minimum atomic E-state index is -0.677. The second-order valence-electron chi connectivity index (χ2n) is 4.91. The second-order valence-corrected chi connectivity index (χ2v) is 4.91. The molecule has 128 valence electrons. The zero-order valence-electron chi connectivity index (χ0n) is 13.1. The molecule has 0 atom stereocenters. The highest BCUT2D eigenvalue weighted by Gasteiger charge is 2.24. The molecule has 0 saturated carbocycles.